The van der Waals surface area contributed by atoms with Gasteiger partial charge in [0.15, 0.2) is 5.67 Å². The maximum absolute atomic E-state index is 13.5. The first-order chi connectivity index (χ1) is 6.52. The second-order valence-corrected chi connectivity index (χ2v) is 3.18. The Morgan fingerprint density at radius 1 is 1.21 bits per heavy atom. The van der Waals surface area contributed by atoms with Crippen molar-refractivity contribution < 1.29 is 22.3 Å². The van der Waals surface area contributed by atoms with Gasteiger partial charge in [-0.1, -0.05) is 6.92 Å². The molecule has 86 valence electrons. The van der Waals surface area contributed by atoms with E-state index >= 15 is 0 Å². The van der Waals surface area contributed by atoms with Gasteiger partial charge in [-0.15, -0.1) is 0 Å². The van der Waals surface area contributed by atoms with E-state index in [1.807, 2.05) is 0 Å². The summed E-state index contributed by atoms with van der Waals surface area (Å²) in [5, 5.41) is 0. The zero-order valence-electron chi connectivity index (χ0n) is 8.46. The quantitative estimate of drug-likeness (QED) is 0.612. The minimum atomic E-state index is -3.22. The molecule has 0 bridgehead atoms. The highest BCUT2D eigenvalue weighted by Crippen LogP contribution is 2.40. The van der Waals surface area contributed by atoms with Crippen molar-refractivity contribution in [3.8, 4) is 0 Å². The summed E-state index contributed by atoms with van der Waals surface area (Å²) < 4.78 is 53.9. The SMILES string of the molecule is CCC1(F)COCCCC1(F)F.CF. The molecule has 1 rings (SSSR count). The van der Waals surface area contributed by atoms with Crippen molar-refractivity contribution in [2.45, 2.75) is 37.8 Å². The number of hydrogen-bond donors (Lipinski definition) is 0. The minimum absolute atomic E-state index is 0.194. The van der Waals surface area contributed by atoms with Crippen LogP contribution < -0.4 is 0 Å². The number of rotatable bonds is 1. The lowest BCUT2D eigenvalue weighted by atomic mass is 9.93. The maximum Gasteiger partial charge on any atom is 0.283 e. The smallest absolute Gasteiger partial charge is 0.283 e. The number of hydrogen-bond acceptors (Lipinski definition) is 1. The van der Waals surface area contributed by atoms with Gasteiger partial charge < -0.3 is 4.74 Å². The molecular weight excluding hydrogens is 200 g/mol. The first kappa shape index (κ1) is 13.7. The molecule has 1 heterocycles. The van der Waals surface area contributed by atoms with E-state index in [1.54, 1.807) is 0 Å². The Bertz CT molecular complexity index is 163. The summed E-state index contributed by atoms with van der Waals surface area (Å²) in [6.45, 7) is 1.18. The monoisotopic (exact) mass is 216 g/mol. The van der Waals surface area contributed by atoms with Gasteiger partial charge in [0.1, 0.15) is 0 Å². The molecule has 1 aliphatic heterocycles. The number of ether oxygens (including phenoxy) is 1. The van der Waals surface area contributed by atoms with E-state index in [0.29, 0.717) is 7.18 Å². The lowest BCUT2D eigenvalue weighted by Crippen LogP contribution is -2.46. The summed E-state index contributed by atoms with van der Waals surface area (Å²) in [6, 6.07) is 0. The average molecular weight is 216 g/mol. The molecule has 1 unspecified atom stereocenters. The largest absolute Gasteiger partial charge is 0.378 e. The molecule has 1 atom stereocenters. The van der Waals surface area contributed by atoms with E-state index in [-0.39, 0.29) is 19.4 Å². The standard InChI is InChI=1S/C8H13F3O.CH3F/c1-2-7(9)6-12-5-3-4-8(7,10)11;1-2/h2-6H2,1H3;1H3. The van der Waals surface area contributed by atoms with Crippen LogP contribution in [-0.2, 0) is 4.74 Å². The summed E-state index contributed by atoms with van der Waals surface area (Å²) in [7, 11) is 0.500. The Hall–Kier alpha value is -0.320. The van der Waals surface area contributed by atoms with Crippen LogP contribution >= 0.6 is 0 Å². The Labute approximate surface area is 81.4 Å². The summed E-state index contributed by atoms with van der Waals surface area (Å²) in [6.07, 6.45) is -0.365. The molecule has 0 radical (unpaired) electrons. The van der Waals surface area contributed by atoms with Crippen molar-refractivity contribution in [2.24, 2.45) is 0 Å². The van der Waals surface area contributed by atoms with Crippen LogP contribution in [0.5, 0.6) is 0 Å². The summed E-state index contributed by atoms with van der Waals surface area (Å²) in [5.74, 6) is -3.22. The third-order valence-corrected chi connectivity index (χ3v) is 2.33. The predicted molar refractivity (Wildman–Crippen MR) is 46.2 cm³/mol. The first-order valence-electron chi connectivity index (χ1n) is 4.54. The van der Waals surface area contributed by atoms with E-state index in [4.69, 9.17) is 4.74 Å². The molecule has 0 amide bonds. The van der Waals surface area contributed by atoms with Gasteiger partial charge in [-0.2, -0.15) is 0 Å². The zero-order chi connectivity index (χ0) is 11.2. The summed E-state index contributed by atoms with van der Waals surface area (Å²) in [5.41, 5.74) is -2.45. The van der Waals surface area contributed by atoms with Crippen LogP contribution in [0.4, 0.5) is 17.6 Å². The fourth-order valence-electron chi connectivity index (χ4n) is 1.32. The number of alkyl halides is 4. The second kappa shape index (κ2) is 5.53. The lowest BCUT2D eigenvalue weighted by molar-refractivity contribution is -0.155. The molecule has 1 saturated heterocycles. The van der Waals surface area contributed by atoms with Crippen LogP contribution in [-0.4, -0.2) is 32.0 Å². The molecule has 0 spiro atoms. The number of halogens is 4. The Morgan fingerprint density at radius 3 is 2.29 bits per heavy atom. The fourth-order valence-corrected chi connectivity index (χ4v) is 1.32. The van der Waals surface area contributed by atoms with E-state index in [2.05, 4.69) is 0 Å². The summed E-state index contributed by atoms with van der Waals surface area (Å²) >= 11 is 0. The highest BCUT2D eigenvalue weighted by molar-refractivity contribution is 4.94. The van der Waals surface area contributed by atoms with Crippen molar-refractivity contribution in [1.29, 1.82) is 0 Å². The maximum atomic E-state index is 13.5. The van der Waals surface area contributed by atoms with Crippen molar-refractivity contribution in [2.75, 3.05) is 20.4 Å². The third-order valence-electron chi connectivity index (χ3n) is 2.33. The first-order valence-corrected chi connectivity index (χ1v) is 4.54. The Morgan fingerprint density at radius 2 is 1.79 bits per heavy atom. The summed E-state index contributed by atoms with van der Waals surface area (Å²) in [4.78, 5) is 0. The van der Waals surface area contributed by atoms with Gasteiger partial charge >= 0.3 is 0 Å². The second-order valence-electron chi connectivity index (χ2n) is 3.18. The predicted octanol–water partition coefficient (Wildman–Crippen LogP) is 3.14. The van der Waals surface area contributed by atoms with Gasteiger partial charge in [0.05, 0.1) is 13.8 Å². The van der Waals surface area contributed by atoms with Crippen LogP contribution in [0.3, 0.4) is 0 Å². The van der Waals surface area contributed by atoms with E-state index in [9.17, 15) is 17.6 Å². The van der Waals surface area contributed by atoms with Gasteiger partial charge in [-0.3, -0.25) is 4.39 Å². The molecule has 14 heavy (non-hydrogen) atoms. The molecule has 0 aromatic heterocycles. The van der Waals surface area contributed by atoms with Crippen LogP contribution in [0.2, 0.25) is 0 Å². The topological polar surface area (TPSA) is 9.23 Å². The van der Waals surface area contributed by atoms with Crippen molar-refractivity contribution >= 4 is 0 Å². The third kappa shape index (κ3) is 2.83. The van der Waals surface area contributed by atoms with Gasteiger partial charge in [0.25, 0.3) is 5.92 Å². The Kier molecular flexibility index (Phi) is 5.41. The van der Waals surface area contributed by atoms with Crippen LogP contribution in [0, 0.1) is 0 Å². The fraction of sp³-hybridized carbons (Fsp3) is 1.00. The molecule has 0 aliphatic carbocycles. The molecule has 1 aliphatic rings. The minimum Gasteiger partial charge on any atom is -0.378 e. The van der Waals surface area contributed by atoms with Gasteiger partial charge in [-0.05, 0) is 12.8 Å². The van der Waals surface area contributed by atoms with E-state index in [1.165, 1.54) is 6.92 Å². The Balaban J connectivity index is 0.000000791. The molecule has 0 saturated carbocycles. The van der Waals surface area contributed by atoms with Crippen molar-refractivity contribution in [1.82, 2.24) is 0 Å². The van der Waals surface area contributed by atoms with E-state index in [0.717, 1.165) is 0 Å². The molecule has 0 aromatic carbocycles. The van der Waals surface area contributed by atoms with Gasteiger partial charge in [0.2, 0.25) is 0 Å². The van der Waals surface area contributed by atoms with Gasteiger partial charge in [0, 0.05) is 13.0 Å². The van der Waals surface area contributed by atoms with Gasteiger partial charge in [-0.25, -0.2) is 13.2 Å². The van der Waals surface area contributed by atoms with Crippen molar-refractivity contribution in [3.05, 3.63) is 0 Å². The van der Waals surface area contributed by atoms with Crippen LogP contribution in [0.15, 0.2) is 0 Å². The average Bonchev–Trinajstić information content (AvgIpc) is 2.31. The molecule has 0 aromatic rings. The van der Waals surface area contributed by atoms with Crippen molar-refractivity contribution in [3.63, 3.8) is 0 Å². The molecule has 1 nitrogen and oxygen atoms in total. The highest BCUT2D eigenvalue weighted by Gasteiger charge is 2.54. The van der Waals surface area contributed by atoms with Crippen LogP contribution in [0.1, 0.15) is 26.2 Å². The highest BCUT2D eigenvalue weighted by atomic mass is 19.3. The normalized spacial score (nSPS) is 31.3. The van der Waals surface area contributed by atoms with E-state index < -0.39 is 24.6 Å². The molecule has 0 N–H and O–H groups in total. The van der Waals surface area contributed by atoms with Crippen LogP contribution in [0.25, 0.3) is 0 Å². The molecule has 5 heteroatoms. The molecule has 1 fully saturated rings. The molecular formula is C9H16F4O. The lowest BCUT2D eigenvalue weighted by Gasteiger charge is -2.29. The zero-order valence-corrected chi connectivity index (χ0v) is 8.46.